The van der Waals surface area contributed by atoms with Gasteiger partial charge in [-0.3, -0.25) is 4.99 Å². The molecule has 0 radical (unpaired) electrons. The van der Waals surface area contributed by atoms with Crippen molar-refractivity contribution in [1.82, 2.24) is 0 Å². The van der Waals surface area contributed by atoms with Crippen molar-refractivity contribution in [2.24, 2.45) is 10.9 Å². The number of rotatable bonds is 3. The van der Waals surface area contributed by atoms with Gasteiger partial charge in [-0.25, -0.2) is 4.39 Å². The summed E-state index contributed by atoms with van der Waals surface area (Å²) in [6.45, 7) is 4.37. The Bertz CT molecular complexity index is 462. The maximum Gasteiger partial charge on any atom is 0.165 e. The maximum atomic E-state index is 13.7. The fraction of sp³-hybridized carbons (Fsp3) is 0.462. The van der Waals surface area contributed by atoms with E-state index in [1.54, 1.807) is 23.9 Å². The van der Waals surface area contributed by atoms with E-state index in [1.165, 1.54) is 6.07 Å². The van der Waals surface area contributed by atoms with Gasteiger partial charge in [-0.05, 0) is 24.5 Å². The van der Waals surface area contributed by atoms with Gasteiger partial charge in [0.2, 0.25) is 0 Å². The first-order chi connectivity index (χ1) is 8.56. The van der Waals surface area contributed by atoms with E-state index in [1.807, 2.05) is 0 Å². The molecule has 1 atom stereocenters. The Hall–Kier alpha value is -0.740. The van der Waals surface area contributed by atoms with Crippen molar-refractivity contribution < 1.29 is 4.39 Å². The van der Waals surface area contributed by atoms with Crippen LogP contribution in [0.15, 0.2) is 23.2 Å². The minimum absolute atomic E-state index is 0.127. The van der Waals surface area contributed by atoms with E-state index in [9.17, 15) is 4.39 Å². The molecule has 1 aliphatic rings. The Morgan fingerprint density at radius 1 is 1.56 bits per heavy atom. The lowest BCUT2D eigenvalue weighted by Gasteiger charge is -2.08. The summed E-state index contributed by atoms with van der Waals surface area (Å²) in [6, 6.07) is 5.26. The van der Waals surface area contributed by atoms with Crippen molar-refractivity contribution in [1.29, 1.82) is 0 Å². The smallest absolute Gasteiger partial charge is 0.165 e. The van der Waals surface area contributed by atoms with Gasteiger partial charge in [0.05, 0.1) is 16.8 Å². The highest BCUT2D eigenvalue weighted by atomic mass is 35.5. The Labute approximate surface area is 116 Å². The molecule has 0 bridgehead atoms. The van der Waals surface area contributed by atoms with Crippen molar-refractivity contribution in [3.63, 3.8) is 0 Å². The molecule has 0 aliphatic carbocycles. The summed E-state index contributed by atoms with van der Waals surface area (Å²) in [5.74, 6) is 1.17. The summed E-state index contributed by atoms with van der Waals surface area (Å²) in [5.41, 5.74) is 0.388. The van der Waals surface area contributed by atoms with Gasteiger partial charge < -0.3 is 5.32 Å². The molecule has 1 unspecified atom stereocenters. The first kappa shape index (κ1) is 13.7. The summed E-state index contributed by atoms with van der Waals surface area (Å²) < 4.78 is 13.7. The standard InChI is InChI=1S/C13H16ClFN2S/c1-8(2)6-9-7-18-13(16-9)17-11-5-3-4-10(14)12(11)15/h3-5,8-9H,6-7H2,1-2H3,(H,16,17). The van der Waals surface area contributed by atoms with Crippen LogP contribution in [0.5, 0.6) is 0 Å². The van der Waals surface area contributed by atoms with Crippen LogP contribution in [-0.4, -0.2) is 17.0 Å². The fourth-order valence-corrected chi connectivity index (χ4v) is 3.01. The molecule has 0 aromatic heterocycles. The number of anilines is 1. The molecule has 0 spiro atoms. The molecular formula is C13H16ClFN2S. The molecule has 0 amide bonds. The van der Waals surface area contributed by atoms with Crippen LogP contribution in [0, 0.1) is 11.7 Å². The lowest BCUT2D eigenvalue weighted by molar-refractivity contribution is 0.529. The molecule has 1 aliphatic heterocycles. The number of thioether (sulfide) groups is 1. The maximum absolute atomic E-state index is 13.7. The van der Waals surface area contributed by atoms with Crippen LogP contribution in [0.2, 0.25) is 5.02 Å². The molecule has 1 aromatic carbocycles. The lowest BCUT2D eigenvalue weighted by atomic mass is 10.1. The second-order valence-corrected chi connectivity index (χ2v) is 6.17. The zero-order valence-electron chi connectivity index (χ0n) is 10.4. The SMILES string of the molecule is CC(C)CC1CSC(Nc2cccc(Cl)c2F)=N1. The second kappa shape index (κ2) is 5.93. The monoisotopic (exact) mass is 286 g/mol. The highest BCUT2D eigenvalue weighted by Crippen LogP contribution is 2.27. The number of hydrogen-bond acceptors (Lipinski definition) is 3. The molecule has 2 nitrogen and oxygen atoms in total. The topological polar surface area (TPSA) is 24.4 Å². The molecule has 1 N–H and O–H groups in total. The van der Waals surface area contributed by atoms with E-state index in [2.05, 4.69) is 24.2 Å². The van der Waals surface area contributed by atoms with Crippen molar-refractivity contribution in [2.45, 2.75) is 26.3 Å². The van der Waals surface area contributed by atoms with Crippen LogP contribution >= 0.6 is 23.4 Å². The summed E-state index contributed by atoms with van der Waals surface area (Å²) in [5, 5.41) is 3.91. The number of amidine groups is 1. The van der Waals surface area contributed by atoms with Gasteiger partial charge in [-0.15, -0.1) is 0 Å². The van der Waals surface area contributed by atoms with Gasteiger partial charge in [0.1, 0.15) is 0 Å². The van der Waals surface area contributed by atoms with Gasteiger partial charge >= 0.3 is 0 Å². The second-order valence-electron chi connectivity index (χ2n) is 4.76. The molecule has 2 rings (SSSR count). The molecule has 0 saturated carbocycles. The molecule has 0 saturated heterocycles. The van der Waals surface area contributed by atoms with Gasteiger partial charge in [0, 0.05) is 5.75 Å². The van der Waals surface area contributed by atoms with Crippen LogP contribution in [0.25, 0.3) is 0 Å². The van der Waals surface area contributed by atoms with Crippen molar-refractivity contribution in [3.05, 3.63) is 29.0 Å². The number of hydrogen-bond donors (Lipinski definition) is 1. The molecule has 5 heteroatoms. The molecule has 1 aromatic rings. The van der Waals surface area contributed by atoms with E-state index in [0.29, 0.717) is 17.6 Å². The third kappa shape index (κ3) is 3.39. The first-order valence-electron chi connectivity index (χ1n) is 5.98. The number of nitrogens with one attached hydrogen (secondary N) is 1. The Morgan fingerprint density at radius 3 is 3.06 bits per heavy atom. The highest BCUT2D eigenvalue weighted by molar-refractivity contribution is 8.14. The number of halogens is 2. The average Bonchev–Trinajstić information content (AvgIpc) is 2.71. The van der Waals surface area contributed by atoms with Gasteiger partial charge in [-0.2, -0.15) is 0 Å². The van der Waals surface area contributed by atoms with Gasteiger partial charge in [0.25, 0.3) is 0 Å². The number of benzene rings is 1. The van der Waals surface area contributed by atoms with Crippen LogP contribution < -0.4 is 5.32 Å². The predicted molar refractivity (Wildman–Crippen MR) is 78.2 cm³/mol. The average molecular weight is 287 g/mol. The fourth-order valence-electron chi connectivity index (χ4n) is 1.86. The number of aliphatic imine (C=N–C) groups is 1. The minimum Gasteiger partial charge on any atom is -0.333 e. The summed E-state index contributed by atoms with van der Waals surface area (Å²) >= 11 is 7.37. The quantitative estimate of drug-likeness (QED) is 0.890. The summed E-state index contributed by atoms with van der Waals surface area (Å²) in [4.78, 5) is 4.55. The summed E-state index contributed by atoms with van der Waals surface area (Å²) in [6.07, 6.45) is 1.07. The van der Waals surface area contributed by atoms with E-state index in [-0.39, 0.29) is 5.02 Å². The van der Waals surface area contributed by atoms with Crippen LogP contribution in [0.4, 0.5) is 10.1 Å². The van der Waals surface area contributed by atoms with Crippen LogP contribution in [-0.2, 0) is 0 Å². The highest BCUT2D eigenvalue weighted by Gasteiger charge is 2.20. The van der Waals surface area contributed by atoms with Gasteiger partial charge in [-0.1, -0.05) is 43.3 Å². The van der Waals surface area contributed by atoms with E-state index < -0.39 is 5.82 Å². The van der Waals surface area contributed by atoms with Crippen molar-refractivity contribution in [3.8, 4) is 0 Å². The van der Waals surface area contributed by atoms with Crippen molar-refractivity contribution >= 4 is 34.2 Å². The van der Waals surface area contributed by atoms with E-state index >= 15 is 0 Å². The van der Waals surface area contributed by atoms with Crippen molar-refractivity contribution in [2.75, 3.05) is 11.1 Å². The lowest BCUT2D eigenvalue weighted by Crippen LogP contribution is -2.08. The van der Waals surface area contributed by atoms with Crippen LogP contribution in [0.3, 0.4) is 0 Å². The predicted octanol–water partition coefficient (Wildman–Crippen LogP) is 4.41. The third-order valence-electron chi connectivity index (χ3n) is 2.65. The molecule has 0 fully saturated rings. The minimum atomic E-state index is -0.422. The van der Waals surface area contributed by atoms with E-state index in [0.717, 1.165) is 17.3 Å². The molecule has 98 valence electrons. The van der Waals surface area contributed by atoms with Gasteiger partial charge in [0.15, 0.2) is 11.0 Å². The normalized spacial score (nSPS) is 19.2. The Balaban J connectivity index is 2.04. The molecule has 1 heterocycles. The van der Waals surface area contributed by atoms with E-state index in [4.69, 9.17) is 11.6 Å². The van der Waals surface area contributed by atoms with Crippen LogP contribution in [0.1, 0.15) is 20.3 Å². The number of nitrogens with zero attached hydrogens (tertiary/aromatic N) is 1. The first-order valence-corrected chi connectivity index (χ1v) is 7.34. The molecule has 18 heavy (non-hydrogen) atoms. The largest absolute Gasteiger partial charge is 0.333 e. The Kier molecular flexibility index (Phi) is 4.51. The third-order valence-corrected chi connectivity index (χ3v) is 3.97. The molecular weight excluding hydrogens is 271 g/mol. The zero-order valence-corrected chi connectivity index (χ0v) is 12.0. The summed E-state index contributed by atoms with van der Waals surface area (Å²) in [7, 11) is 0. The zero-order chi connectivity index (χ0) is 13.1. The Morgan fingerprint density at radius 2 is 2.33 bits per heavy atom.